The number of hydrogen-bond acceptors (Lipinski definition) is 5. The number of nitrogens with zero attached hydrogens (tertiary/aromatic N) is 3. The second-order valence-electron chi connectivity index (χ2n) is 7.42. The van der Waals surface area contributed by atoms with Crippen molar-refractivity contribution in [3.63, 3.8) is 0 Å². The molecule has 5 heteroatoms. The molecule has 2 aliphatic heterocycles. The maximum Gasteiger partial charge on any atom is 0.225 e. The van der Waals surface area contributed by atoms with E-state index in [1.807, 2.05) is 0 Å². The minimum atomic E-state index is -0.324. The molecule has 5 nitrogen and oxygen atoms in total. The first-order chi connectivity index (χ1) is 11.2. The molecule has 0 amide bonds. The van der Waals surface area contributed by atoms with Crippen LogP contribution >= 0.6 is 0 Å². The summed E-state index contributed by atoms with van der Waals surface area (Å²) in [7, 11) is 0. The molecule has 1 atom stereocenters. The number of ether oxygens (including phenoxy) is 1. The first-order valence-corrected chi connectivity index (χ1v) is 9.09. The molecule has 0 bridgehead atoms. The number of aryl methyl sites for hydroxylation is 1. The van der Waals surface area contributed by atoms with E-state index in [0.29, 0.717) is 5.92 Å². The summed E-state index contributed by atoms with van der Waals surface area (Å²) in [6.07, 6.45) is 7.10. The van der Waals surface area contributed by atoms with Crippen LogP contribution in [0.4, 0.5) is 5.95 Å². The van der Waals surface area contributed by atoms with Crippen molar-refractivity contribution in [1.82, 2.24) is 9.97 Å². The molecule has 126 valence electrons. The van der Waals surface area contributed by atoms with Gasteiger partial charge in [0, 0.05) is 37.0 Å². The fraction of sp³-hybridized carbons (Fsp3) is 0.778. The SMILES string of the molecule is Cc1cc(C2CCC2)nc(N2CCC3(CC2)OCCCC3O)n1. The van der Waals surface area contributed by atoms with Gasteiger partial charge in [0.2, 0.25) is 5.95 Å². The molecular weight excluding hydrogens is 290 g/mol. The fourth-order valence-electron chi connectivity index (χ4n) is 4.11. The first-order valence-electron chi connectivity index (χ1n) is 9.09. The maximum absolute atomic E-state index is 10.4. The van der Waals surface area contributed by atoms with Gasteiger partial charge in [-0.05, 0) is 51.5 Å². The summed E-state index contributed by atoms with van der Waals surface area (Å²) in [5.41, 5.74) is 1.95. The van der Waals surface area contributed by atoms with Crippen LogP contribution in [0.15, 0.2) is 6.07 Å². The van der Waals surface area contributed by atoms with Gasteiger partial charge in [0.15, 0.2) is 0 Å². The Bertz CT molecular complexity index is 565. The van der Waals surface area contributed by atoms with Crippen molar-refractivity contribution < 1.29 is 9.84 Å². The van der Waals surface area contributed by atoms with E-state index < -0.39 is 0 Å². The zero-order valence-corrected chi connectivity index (χ0v) is 14.0. The van der Waals surface area contributed by atoms with Gasteiger partial charge in [-0.3, -0.25) is 0 Å². The predicted molar refractivity (Wildman–Crippen MR) is 88.7 cm³/mol. The number of hydrogen-bond donors (Lipinski definition) is 1. The van der Waals surface area contributed by atoms with Gasteiger partial charge in [-0.1, -0.05) is 6.42 Å². The lowest BCUT2D eigenvalue weighted by Crippen LogP contribution is -2.55. The first kappa shape index (κ1) is 15.3. The molecule has 1 N–H and O–H groups in total. The van der Waals surface area contributed by atoms with Gasteiger partial charge in [-0.2, -0.15) is 0 Å². The second kappa shape index (κ2) is 6.02. The molecule has 3 heterocycles. The summed E-state index contributed by atoms with van der Waals surface area (Å²) in [5.74, 6) is 1.50. The third kappa shape index (κ3) is 2.85. The molecule has 1 spiro atoms. The molecule has 0 aromatic carbocycles. The summed E-state index contributed by atoms with van der Waals surface area (Å²) in [6.45, 7) is 4.58. The Morgan fingerprint density at radius 1 is 1.17 bits per heavy atom. The minimum Gasteiger partial charge on any atom is -0.390 e. The standard InChI is InChI=1S/C18H27N3O2/c1-13-12-15(14-4-2-5-14)20-17(19-13)21-9-7-18(8-10-21)16(22)6-3-11-23-18/h12,14,16,22H,2-11H2,1H3. The summed E-state index contributed by atoms with van der Waals surface area (Å²) >= 11 is 0. The Balaban J connectivity index is 1.48. The van der Waals surface area contributed by atoms with E-state index >= 15 is 0 Å². The molecule has 1 saturated carbocycles. The Morgan fingerprint density at radius 2 is 1.96 bits per heavy atom. The lowest BCUT2D eigenvalue weighted by molar-refractivity contribution is -0.164. The topological polar surface area (TPSA) is 58.5 Å². The van der Waals surface area contributed by atoms with Crippen molar-refractivity contribution in [2.24, 2.45) is 0 Å². The molecule has 4 rings (SSSR count). The monoisotopic (exact) mass is 317 g/mol. The highest BCUT2D eigenvalue weighted by molar-refractivity contribution is 5.35. The smallest absolute Gasteiger partial charge is 0.225 e. The predicted octanol–water partition coefficient (Wildman–Crippen LogP) is 2.56. The van der Waals surface area contributed by atoms with E-state index in [4.69, 9.17) is 9.72 Å². The van der Waals surface area contributed by atoms with E-state index in [0.717, 1.165) is 57.0 Å². The Hall–Kier alpha value is -1.20. The van der Waals surface area contributed by atoms with Crippen LogP contribution in [0.25, 0.3) is 0 Å². The van der Waals surface area contributed by atoms with E-state index in [1.165, 1.54) is 25.0 Å². The van der Waals surface area contributed by atoms with E-state index in [2.05, 4.69) is 22.9 Å². The van der Waals surface area contributed by atoms with Crippen LogP contribution in [-0.4, -0.2) is 46.5 Å². The van der Waals surface area contributed by atoms with Crippen LogP contribution in [0.5, 0.6) is 0 Å². The highest BCUT2D eigenvalue weighted by Crippen LogP contribution is 2.38. The number of anilines is 1. The quantitative estimate of drug-likeness (QED) is 0.908. The average molecular weight is 317 g/mol. The van der Waals surface area contributed by atoms with Gasteiger partial charge >= 0.3 is 0 Å². The van der Waals surface area contributed by atoms with Crippen molar-refractivity contribution in [1.29, 1.82) is 0 Å². The van der Waals surface area contributed by atoms with Crippen molar-refractivity contribution in [2.45, 2.75) is 69.5 Å². The minimum absolute atomic E-state index is 0.317. The van der Waals surface area contributed by atoms with Gasteiger partial charge in [0.1, 0.15) is 0 Å². The number of rotatable bonds is 2. The number of aliphatic hydroxyl groups excluding tert-OH is 1. The van der Waals surface area contributed by atoms with E-state index in [-0.39, 0.29) is 11.7 Å². The van der Waals surface area contributed by atoms with Gasteiger partial charge in [-0.15, -0.1) is 0 Å². The molecule has 1 aliphatic carbocycles. The van der Waals surface area contributed by atoms with Crippen LogP contribution in [0.3, 0.4) is 0 Å². The molecule has 1 aromatic heterocycles. The van der Waals surface area contributed by atoms with Crippen molar-refractivity contribution in [2.75, 3.05) is 24.6 Å². The second-order valence-corrected chi connectivity index (χ2v) is 7.42. The largest absolute Gasteiger partial charge is 0.390 e. The molecule has 3 aliphatic rings. The molecule has 0 radical (unpaired) electrons. The van der Waals surface area contributed by atoms with E-state index in [9.17, 15) is 5.11 Å². The molecule has 3 fully saturated rings. The van der Waals surface area contributed by atoms with Gasteiger partial charge in [-0.25, -0.2) is 9.97 Å². The van der Waals surface area contributed by atoms with E-state index in [1.54, 1.807) is 0 Å². The zero-order chi connectivity index (χ0) is 15.9. The average Bonchev–Trinajstić information content (AvgIpc) is 2.49. The summed E-state index contributed by atoms with van der Waals surface area (Å²) in [6, 6.07) is 2.15. The number of aromatic nitrogens is 2. The number of aliphatic hydroxyl groups is 1. The van der Waals surface area contributed by atoms with Gasteiger partial charge in [0.25, 0.3) is 0 Å². The third-order valence-corrected chi connectivity index (χ3v) is 5.90. The van der Waals surface area contributed by atoms with Crippen molar-refractivity contribution >= 4 is 5.95 Å². The molecule has 23 heavy (non-hydrogen) atoms. The summed E-state index contributed by atoms with van der Waals surface area (Å²) < 4.78 is 6.00. The molecule has 2 saturated heterocycles. The fourth-order valence-corrected chi connectivity index (χ4v) is 4.11. The van der Waals surface area contributed by atoms with Crippen molar-refractivity contribution in [3.05, 3.63) is 17.5 Å². The Labute approximate surface area is 138 Å². The van der Waals surface area contributed by atoms with Gasteiger partial charge in [0.05, 0.1) is 11.7 Å². The summed E-state index contributed by atoms with van der Waals surface area (Å²) in [5, 5.41) is 10.4. The highest BCUT2D eigenvalue weighted by atomic mass is 16.5. The van der Waals surface area contributed by atoms with Crippen LogP contribution in [0, 0.1) is 6.92 Å². The van der Waals surface area contributed by atoms with Crippen LogP contribution in [0.1, 0.15) is 62.3 Å². The van der Waals surface area contributed by atoms with Crippen molar-refractivity contribution in [3.8, 4) is 0 Å². The molecule has 1 aromatic rings. The van der Waals surface area contributed by atoms with Crippen LogP contribution in [0.2, 0.25) is 0 Å². The van der Waals surface area contributed by atoms with Crippen LogP contribution < -0.4 is 4.90 Å². The molecule has 1 unspecified atom stereocenters. The maximum atomic E-state index is 10.4. The number of piperidine rings is 1. The van der Waals surface area contributed by atoms with Crippen LogP contribution in [-0.2, 0) is 4.74 Å². The summed E-state index contributed by atoms with van der Waals surface area (Å²) in [4.78, 5) is 11.8. The Morgan fingerprint density at radius 3 is 2.61 bits per heavy atom. The highest BCUT2D eigenvalue weighted by Gasteiger charge is 2.44. The normalized spacial score (nSPS) is 27.9. The third-order valence-electron chi connectivity index (χ3n) is 5.90. The lowest BCUT2D eigenvalue weighted by Gasteiger charge is -2.46. The molecular formula is C18H27N3O2. The Kier molecular flexibility index (Phi) is 4.01. The zero-order valence-electron chi connectivity index (χ0n) is 14.0. The van der Waals surface area contributed by atoms with Gasteiger partial charge < -0.3 is 14.7 Å². The lowest BCUT2D eigenvalue weighted by atomic mass is 9.82.